The first kappa shape index (κ1) is 22.8. The van der Waals surface area contributed by atoms with Crippen LogP contribution in [0, 0.1) is 13.8 Å². The van der Waals surface area contributed by atoms with Crippen LogP contribution >= 0.6 is 0 Å². The molecule has 1 aromatic carbocycles. The number of methoxy groups -OCH3 is 2. The molecular weight excluding hydrogens is 446 g/mol. The highest BCUT2D eigenvalue weighted by Crippen LogP contribution is 2.39. The predicted octanol–water partition coefficient (Wildman–Crippen LogP) is 4.28. The number of ether oxygens (including phenoxy) is 2. The Balaban J connectivity index is 1.85. The molecule has 0 amide bonds. The van der Waals surface area contributed by atoms with E-state index in [1.165, 1.54) is 0 Å². The van der Waals surface area contributed by atoms with Crippen molar-refractivity contribution in [3.63, 3.8) is 0 Å². The maximum absolute atomic E-state index is 13.7. The fourth-order valence-electron chi connectivity index (χ4n) is 4.72. The van der Waals surface area contributed by atoms with Crippen molar-refractivity contribution < 1.29 is 14.0 Å². The van der Waals surface area contributed by atoms with Gasteiger partial charge in [0.15, 0.2) is 0 Å². The van der Waals surface area contributed by atoms with Crippen LogP contribution in [0.5, 0.6) is 5.75 Å². The van der Waals surface area contributed by atoms with Crippen LogP contribution in [-0.4, -0.2) is 45.1 Å². The molecule has 0 radical (unpaired) electrons. The molecular formula is C26H27N5O4. The lowest BCUT2D eigenvalue weighted by Crippen LogP contribution is -2.28. The van der Waals surface area contributed by atoms with Crippen LogP contribution in [0.15, 0.2) is 52.0 Å². The minimum Gasteiger partial charge on any atom is -0.496 e. The summed E-state index contributed by atoms with van der Waals surface area (Å²) in [7, 11) is 3.25. The molecule has 0 fully saturated rings. The number of hydrogen-bond acceptors (Lipinski definition) is 7. The third-order valence-electron chi connectivity index (χ3n) is 6.43. The molecule has 0 aliphatic carbocycles. The Morgan fingerprint density at radius 2 is 1.97 bits per heavy atom. The minimum absolute atomic E-state index is 0.140. The first-order chi connectivity index (χ1) is 17.0. The van der Waals surface area contributed by atoms with Gasteiger partial charge in [0.1, 0.15) is 11.5 Å². The highest BCUT2D eigenvalue weighted by atomic mass is 16.5. The van der Waals surface area contributed by atoms with Gasteiger partial charge in [-0.1, -0.05) is 11.2 Å². The SMILES string of the molecule is COCCn1c(=O)n([C@H](C)c2ccccn2)c2c3cc(OC)c(-c4c(C)noc4C)cc3ncc21. The number of fused-ring (bicyclic) bond motifs is 3. The van der Waals surface area contributed by atoms with Crippen molar-refractivity contribution in [3.05, 3.63) is 70.4 Å². The second kappa shape index (κ2) is 8.99. The molecule has 5 rings (SSSR count). The first-order valence-corrected chi connectivity index (χ1v) is 11.4. The molecule has 0 bridgehead atoms. The maximum atomic E-state index is 13.7. The van der Waals surface area contributed by atoms with Crippen molar-refractivity contribution in [3.8, 4) is 16.9 Å². The van der Waals surface area contributed by atoms with Gasteiger partial charge < -0.3 is 14.0 Å². The standard InChI is InChI=1S/C26H27N5O4/c1-15-24(17(3)35-29-15)19-12-21-18(13-23(19)34-5)25-22(14-28-21)30(10-11-33-4)26(32)31(25)16(2)20-8-6-7-9-27-20/h6-9,12-14,16H,10-11H2,1-5H3/t16-/m1/s1. The van der Waals surface area contributed by atoms with Crippen LogP contribution in [0.4, 0.5) is 0 Å². The summed E-state index contributed by atoms with van der Waals surface area (Å²) in [4.78, 5) is 23.0. The number of aryl methyl sites for hydroxylation is 2. The summed E-state index contributed by atoms with van der Waals surface area (Å²) >= 11 is 0. The maximum Gasteiger partial charge on any atom is 0.329 e. The number of pyridine rings is 2. The van der Waals surface area contributed by atoms with Gasteiger partial charge in [0, 0.05) is 24.3 Å². The summed E-state index contributed by atoms with van der Waals surface area (Å²) in [5.74, 6) is 1.35. The van der Waals surface area contributed by atoms with Crippen molar-refractivity contribution in [2.45, 2.75) is 33.4 Å². The zero-order valence-corrected chi connectivity index (χ0v) is 20.4. The summed E-state index contributed by atoms with van der Waals surface area (Å²) in [6.07, 6.45) is 3.49. The van der Waals surface area contributed by atoms with Gasteiger partial charge in [-0.25, -0.2) is 4.79 Å². The zero-order chi connectivity index (χ0) is 24.7. The Labute approximate surface area is 201 Å². The molecule has 1 atom stereocenters. The number of hydrogen-bond donors (Lipinski definition) is 0. The Morgan fingerprint density at radius 3 is 2.63 bits per heavy atom. The molecule has 0 aliphatic rings. The van der Waals surface area contributed by atoms with Gasteiger partial charge in [0.2, 0.25) is 0 Å². The van der Waals surface area contributed by atoms with E-state index in [1.54, 1.807) is 35.7 Å². The summed E-state index contributed by atoms with van der Waals surface area (Å²) in [5, 5.41) is 4.90. The topological polar surface area (TPSA) is 97.2 Å². The van der Waals surface area contributed by atoms with Crippen LogP contribution < -0.4 is 10.4 Å². The van der Waals surface area contributed by atoms with E-state index < -0.39 is 0 Å². The molecule has 4 aromatic heterocycles. The number of imidazole rings is 1. The Hall–Kier alpha value is -3.98. The summed E-state index contributed by atoms with van der Waals surface area (Å²) in [6, 6.07) is 9.32. The van der Waals surface area contributed by atoms with Gasteiger partial charge in [-0.2, -0.15) is 0 Å². The van der Waals surface area contributed by atoms with E-state index in [0.717, 1.165) is 44.5 Å². The van der Waals surface area contributed by atoms with Crippen LogP contribution in [0.25, 0.3) is 33.1 Å². The lowest BCUT2D eigenvalue weighted by molar-refractivity contribution is 0.187. The van der Waals surface area contributed by atoms with Crippen molar-refractivity contribution in [1.29, 1.82) is 0 Å². The second-order valence-corrected chi connectivity index (χ2v) is 8.49. The molecule has 9 heteroatoms. The van der Waals surface area contributed by atoms with Crippen molar-refractivity contribution >= 4 is 21.9 Å². The Morgan fingerprint density at radius 1 is 1.14 bits per heavy atom. The van der Waals surface area contributed by atoms with Crippen LogP contribution in [0.2, 0.25) is 0 Å². The highest BCUT2D eigenvalue weighted by Gasteiger charge is 2.24. The van der Waals surface area contributed by atoms with Crippen molar-refractivity contribution in [2.24, 2.45) is 0 Å². The fourth-order valence-corrected chi connectivity index (χ4v) is 4.72. The third kappa shape index (κ3) is 3.68. The highest BCUT2D eigenvalue weighted by molar-refractivity contribution is 6.05. The van der Waals surface area contributed by atoms with Gasteiger partial charge >= 0.3 is 5.69 Å². The monoisotopic (exact) mass is 473 g/mol. The molecule has 4 heterocycles. The molecule has 180 valence electrons. The van der Waals surface area contributed by atoms with Crippen molar-refractivity contribution in [1.82, 2.24) is 24.3 Å². The summed E-state index contributed by atoms with van der Waals surface area (Å²) in [6.45, 7) is 6.57. The molecule has 35 heavy (non-hydrogen) atoms. The molecule has 0 saturated carbocycles. The Bertz CT molecular complexity index is 1560. The van der Waals surface area contributed by atoms with Gasteiger partial charge in [-0.3, -0.25) is 19.1 Å². The number of aromatic nitrogens is 5. The molecule has 9 nitrogen and oxygen atoms in total. The van der Waals surface area contributed by atoms with Crippen molar-refractivity contribution in [2.75, 3.05) is 20.8 Å². The zero-order valence-electron chi connectivity index (χ0n) is 20.4. The smallest absolute Gasteiger partial charge is 0.329 e. The number of benzene rings is 1. The molecule has 0 N–H and O–H groups in total. The van der Waals surface area contributed by atoms with Crippen LogP contribution in [0.1, 0.15) is 30.1 Å². The quantitative estimate of drug-likeness (QED) is 0.348. The van der Waals surface area contributed by atoms with Gasteiger partial charge in [0.25, 0.3) is 0 Å². The van der Waals surface area contributed by atoms with E-state index in [-0.39, 0.29) is 11.7 Å². The molecule has 5 aromatic rings. The van der Waals surface area contributed by atoms with E-state index in [4.69, 9.17) is 19.0 Å². The van der Waals surface area contributed by atoms with Crippen LogP contribution in [0.3, 0.4) is 0 Å². The largest absolute Gasteiger partial charge is 0.496 e. The molecule has 0 saturated heterocycles. The second-order valence-electron chi connectivity index (χ2n) is 8.49. The van der Waals surface area contributed by atoms with E-state index >= 15 is 0 Å². The lowest BCUT2D eigenvalue weighted by atomic mass is 10.00. The summed E-state index contributed by atoms with van der Waals surface area (Å²) < 4.78 is 20.0. The first-order valence-electron chi connectivity index (χ1n) is 11.4. The minimum atomic E-state index is -0.297. The Kier molecular flexibility index (Phi) is 5.86. The number of rotatable bonds is 7. The average Bonchev–Trinajstić information content (AvgIpc) is 3.36. The van der Waals surface area contributed by atoms with E-state index in [0.29, 0.717) is 24.7 Å². The fraction of sp³-hybridized carbons (Fsp3) is 0.308. The van der Waals surface area contributed by atoms with Gasteiger partial charge in [-0.05, 0) is 45.0 Å². The predicted molar refractivity (Wildman–Crippen MR) is 133 cm³/mol. The lowest BCUT2D eigenvalue weighted by Gasteiger charge is -2.15. The molecule has 0 aliphatic heterocycles. The van der Waals surface area contributed by atoms with E-state index in [9.17, 15) is 4.79 Å². The summed E-state index contributed by atoms with van der Waals surface area (Å²) in [5.41, 5.74) is 5.39. The average molecular weight is 474 g/mol. The van der Waals surface area contributed by atoms with Gasteiger partial charge in [-0.15, -0.1) is 0 Å². The van der Waals surface area contributed by atoms with E-state index in [2.05, 4.69) is 10.1 Å². The third-order valence-corrected chi connectivity index (χ3v) is 6.43. The normalized spacial score (nSPS) is 12.5. The van der Waals surface area contributed by atoms with Crippen LogP contribution in [-0.2, 0) is 11.3 Å². The van der Waals surface area contributed by atoms with E-state index in [1.807, 2.05) is 51.1 Å². The molecule has 0 unspecified atom stereocenters. The molecule has 0 spiro atoms. The number of nitrogens with zero attached hydrogens (tertiary/aromatic N) is 5. The van der Waals surface area contributed by atoms with Gasteiger partial charge in [0.05, 0.1) is 66.0 Å².